The third kappa shape index (κ3) is 3.89. The first kappa shape index (κ1) is 10.5. The summed E-state index contributed by atoms with van der Waals surface area (Å²) in [5, 5.41) is 14.9. The smallest absolute Gasteiger partial charge is 0.222 e. The van der Waals surface area contributed by atoms with Gasteiger partial charge >= 0.3 is 0 Å². The lowest BCUT2D eigenvalue weighted by molar-refractivity contribution is -0.683. The fraction of sp³-hybridized carbons (Fsp3) is 0.400. The SMILES string of the molecule is CC(C)(C)O/C([O-])=N/[n+]1ccccc1. The minimum Gasteiger partial charge on any atom is -0.590 e. The van der Waals surface area contributed by atoms with Crippen LogP contribution in [0.3, 0.4) is 0 Å². The first-order valence-corrected chi connectivity index (χ1v) is 4.39. The Kier molecular flexibility index (Phi) is 3.06. The molecule has 0 amide bonds. The van der Waals surface area contributed by atoms with Crippen LogP contribution in [-0.4, -0.2) is 11.7 Å². The molecule has 1 heterocycles. The van der Waals surface area contributed by atoms with Crippen LogP contribution in [0.1, 0.15) is 20.8 Å². The number of pyridine rings is 1. The van der Waals surface area contributed by atoms with Crippen molar-refractivity contribution >= 4 is 6.08 Å². The van der Waals surface area contributed by atoms with E-state index in [2.05, 4.69) is 5.10 Å². The number of rotatable bonds is 1. The summed E-state index contributed by atoms with van der Waals surface area (Å²) < 4.78 is 6.43. The van der Waals surface area contributed by atoms with Crippen molar-refractivity contribution in [3.05, 3.63) is 30.6 Å². The van der Waals surface area contributed by atoms with Gasteiger partial charge in [0.15, 0.2) is 0 Å². The Morgan fingerprint density at radius 1 is 1.21 bits per heavy atom. The van der Waals surface area contributed by atoms with Gasteiger partial charge in [-0.1, -0.05) is 31.5 Å². The molecule has 0 aromatic carbocycles. The molecule has 76 valence electrons. The van der Waals surface area contributed by atoms with E-state index in [1.807, 2.05) is 6.07 Å². The summed E-state index contributed by atoms with van der Waals surface area (Å²) in [6, 6.07) is 5.42. The van der Waals surface area contributed by atoms with E-state index < -0.39 is 11.7 Å². The van der Waals surface area contributed by atoms with Crippen molar-refractivity contribution in [2.75, 3.05) is 0 Å². The average Bonchev–Trinajstić information content (AvgIpc) is 2.02. The van der Waals surface area contributed by atoms with Crippen molar-refractivity contribution in [2.24, 2.45) is 5.10 Å². The first-order chi connectivity index (χ1) is 6.47. The van der Waals surface area contributed by atoms with Crippen LogP contribution in [0.4, 0.5) is 0 Å². The lowest BCUT2D eigenvalue weighted by atomic mass is 10.2. The molecule has 0 atom stereocenters. The molecule has 1 rings (SSSR count). The van der Waals surface area contributed by atoms with E-state index in [0.717, 1.165) is 0 Å². The Morgan fingerprint density at radius 2 is 1.79 bits per heavy atom. The third-order valence-electron chi connectivity index (χ3n) is 1.29. The molecule has 1 aromatic heterocycles. The van der Waals surface area contributed by atoms with E-state index in [1.54, 1.807) is 45.3 Å². The molecule has 4 heteroatoms. The summed E-state index contributed by atoms with van der Waals surface area (Å²) >= 11 is 0. The van der Waals surface area contributed by atoms with E-state index in [1.165, 1.54) is 4.68 Å². The van der Waals surface area contributed by atoms with E-state index in [-0.39, 0.29) is 0 Å². The maximum absolute atomic E-state index is 11.2. The molecule has 0 aliphatic heterocycles. The van der Waals surface area contributed by atoms with Crippen molar-refractivity contribution in [1.29, 1.82) is 0 Å². The van der Waals surface area contributed by atoms with E-state index in [4.69, 9.17) is 4.74 Å². The minimum absolute atomic E-state index is 0.504. The van der Waals surface area contributed by atoms with Crippen molar-refractivity contribution in [3.63, 3.8) is 0 Å². The van der Waals surface area contributed by atoms with Crippen LogP contribution in [0, 0.1) is 0 Å². The molecule has 0 bridgehead atoms. The largest absolute Gasteiger partial charge is 0.590 e. The van der Waals surface area contributed by atoms with Gasteiger partial charge in [-0.25, -0.2) is 0 Å². The van der Waals surface area contributed by atoms with E-state index in [9.17, 15) is 5.11 Å². The predicted octanol–water partition coefficient (Wildman–Crippen LogP) is 0.269. The molecule has 0 unspecified atom stereocenters. The highest BCUT2D eigenvalue weighted by Crippen LogP contribution is 2.05. The Labute approximate surface area is 83.5 Å². The van der Waals surface area contributed by atoms with Crippen LogP contribution in [-0.2, 0) is 4.74 Å². The van der Waals surface area contributed by atoms with Crippen LogP contribution >= 0.6 is 0 Å². The molecule has 0 saturated carbocycles. The summed E-state index contributed by atoms with van der Waals surface area (Å²) in [7, 11) is 0. The lowest BCUT2D eigenvalue weighted by Crippen LogP contribution is -2.38. The average molecular weight is 194 g/mol. The number of aromatic nitrogens is 1. The van der Waals surface area contributed by atoms with Crippen LogP contribution in [0.25, 0.3) is 0 Å². The van der Waals surface area contributed by atoms with Gasteiger partial charge in [0.1, 0.15) is 0 Å². The van der Waals surface area contributed by atoms with Crippen LogP contribution < -0.4 is 9.78 Å². The number of nitrogens with zero attached hydrogens (tertiary/aromatic N) is 2. The molecular weight excluding hydrogens is 180 g/mol. The summed E-state index contributed by atoms with van der Waals surface area (Å²) in [5.74, 6) is 0. The van der Waals surface area contributed by atoms with Crippen LogP contribution in [0.15, 0.2) is 35.7 Å². The summed E-state index contributed by atoms with van der Waals surface area (Å²) in [5.41, 5.74) is -0.504. The fourth-order valence-electron chi connectivity index (χ4n) is 0.833. The third-order valence-corrected chi connectivity index (χ3v) is 1.29. The Bertz CT molecular complexity index is 315. The van der Waals surface area contributed by atoms with E-state index in [0.29, 0.717) is 0 Å². The summed E-state index contributed by atoms with van der Waals surface area (Å²) in [6.07, 6.45) is 2.75. The number of hydrogen-bond acceptors (Lipinski definition) is 3. The Hall–Kier alpha value is -1.58. The maximum Gasteiger partial charge on any atom is 0.222 e. The Morgan fingerprint density at radius 3 is 2.29 bits per heavy atom. The highest BCUT2D eigenvalue weighted by Gasteiger charge is 2.06. The van der Waals surface area contributed by atoms with Gasteiger partial charge in [-0.3, -0.25) is 0 Å². The molecule has 0 radical (unpaired) electrons. The molecule has 14 heavy (non-hydrogen) atoms. The molecule has 0 N–H and O–H groups in total. The highest BCUT2D eigenvalue weighted by atomic mass is 16.6. The maximum atomic E-state index is 11.2. The lowest BCUT2D eigenvalue weighted by Gasteiger charge is -2.27. The summed E-state index contributed by atoms with van der Waals surface area (Å²) in [6.45, 7) is 5.40. The Balaban J connectivity index is 2.70. The summed E-state index contributed by atoms with van der Waals surface area (Å²) in [4.78, 5) is 0. The topological polar surface area (TPSA) is 48.5 Å². The number of hydrogen-bond donors (Lipinski definition) is 0. The van der Waals surface area contributed by atoms with Gasteiger partial charge in [-0.05, 0) is 0 Å². The van der Waals surface area contributed by atoms with Crippen LogP contribution in [0.5, 0.6) is 0 Å². The van der Waals surface area contributed by atoms with Crippen molar-refractivity contribution in [1.82, 2.24) is 0 Å². The van der Waals surface area contributed by atoms with Gasteiger partial charge in [0, 0.05) is 22.8 Å². The standard InChI is InChI=1S/C10H14N2O2/c1-10(2,3)14-9(13)11-12-7-5-4-6-8-12/h4-8H,1-3H3. The highest BCUT2D eigenvalue weighted by molar-refractivity contribution is 5.61. The number of ether oxygens (including phenoxy) is 1. The fourth-order valence-corrected chi connectivity index (χ4v) is 0.833. The molecule has 0 aliphatic carbocycles. The molecule has 4 nitrogen and oxygen atoms in total. The first-order valence-electron chi connectivity index (χ1n) is 4.39. The van der Waals surface area contributed by atoms with Gasteiger partial charge in [0.25, 0.3) is 0 Å². The second-order valence-corrected chi connectivity index (χ2v) is 3.84. The van der Waals surface area contributed by atoms with Crippen molar-refractivity contribution in [2.45, 2.75) is 26.4 Å². The molecular formula is C10H14N2O2. The van der Waals surface area contributed by atoms with Gasteiger partial charge < -0.3 is 9.84 Å². The van der Waals surface area contributed by atoms with Crippen molar-refractivity contribution < 1.29 is 14.5 Å². The second-order valence-electron chi connectivity index (χ2n) is 3.84. The predicted molar refractivity (Wildman–Crippen MR) is 50.3 cm³/mol. The van der Waals surface area contributed by atoms with Gasteiger partial charge in [0.05, 0.1) is 0 Å². The molecule has 0 fully saturated rings. The van der Waals surface area contributed by atoms with Gasteiger partial charge in [0.2, 0.25) is 18.5 Å². The zero-order valence-corrected chi connectivity index (χ0v) is 8.60. The van der Waals surface area contributed by atoms with Crippen LogP contribution in [0.2, 0.25) is 0 Å². The van der Waals surface area contributed by atoms with Gasteiger partial charge in [-0.2, -0.15) is 0 Å². The minimum atomic E-state index is -0.589. The normalized spacial score (nSPS) is 12.6. The molecule has 0 aliphatic rings. The zero-order chi connectivity index (χ0) is 10.6. The van der Waals surface area contributed by atoms with E-state index >= 15 is 0 Å². The second kappa shape index (κ2) is 4.09. The van der Waals surface area contributed by atoms with Gasteiger partial charge in [-0.15, -0.1) is 0 Å². The zero-order valence-electron chi connectivity index (χ0n) is 8.60. The quantitative estimate of drug-likeness (QED) is 0.366. The molecule has 0 spiro atoms. The molecule has 0 saturated heterocycles. The molecule has 1 aromatic rings. The monoisotopic (exact) mass is 194 g/mol. The van der Waals surface area contributed by atoms with Crippen molar-refractivity contribution in [3.8, 4) is 0 Å².